The predicted molar refractivity (Wildman–Crippen MR) is 112 cm³/mol. The fraction of sp³-hybridized carbons (Fsp3) is 0.0870. The molecule has 1 aliphatic rings. The van der Waals surface area contributed by atoms with Crippen LogP contribution in [0.15, 0.2) is 71.4 Å². The summed E-state index contributed by atoms with van der Waals surface area (Å²) in [7, 11) is 0. The topological polar surface area (TPSA) is 68.0 Å². The van der Waals surface area contributed by atoms with Crippen molar-refractivity contribution in [1.29, 1.82) is 0 Å². The highest BCUT2D eigenvalue weighted by Gasteiger charge is 2.24. The van der Waals surface area contributed by atoms with Gasteiger partial charge in [0.05, 0.1) is 5.56 Å². The Labute approximate surface area is 172 Å². The molecule has 0 atom stereocenters. The minimum atomic E-state index is -0.301. The summed E-state index contributed by atoms with van der Waals surface area (Å²) in [6.07, 6.45) is 3.41. The number of aromatic nitrogens is 2. The molecule has 2 aromatic carbocycles. The van der Waals surface area contributed by atoms with Crippen molar-refractivity contribution in [3.63, 3.8) is 0 Å². The Hall–Kier alpha value is -3.44. The van der Waals surface area contributed by atoms with E-state index in [1.165, 1.54) is 5.56 Å². The van der Waals surface area contributed by atoms with Crippen LogP contribution in [0.3, 0.4) is 0 Å². The number of carbonyl (C=O) groups is 1. The molecule has 0 saturated carbocycles. The number of nitrogens with zero attached hydrogens (tertiary/aromatic N) is 2. The number of pyridine rings is 1. The summed E-state index contributed by atoms with van der Waals surface area (Å²) in [6.45, 7) is 0. The maximum Gasteiger partial charge on any atom is 0.258 e. The molecular weight excluding hydrogens is 386 g/mol. The maximum atomic E-state index is 12.4. The number of anilines is 1. The Morgan fingerprint density at radius 3 is 2.66 bits per heavy atom. The standard InChI is InChI=1S/C23H16ClN3O2/c24-22-19(6-3-13-25-22)23(28)26-16-10-7-15(8-11-16)21-18-12-9-14-4-1-2-5-17(14)20(18)27-29-21/h1-8,10-11,13H,9,12H2,(H,26,28). The molecule has 29 heavy (non-hydrogen) atoms. The number of benzene rings is 2. The van der Waals surface area contributed by atoms with E-state index in [1.807, 2.05) is 30.3 Å². The highest BCUT2D eigenvalue weighted by molar-refractivity contribution is 6.33. The van der Waals surface area contributed by atoms with Gasteiger partial charge in [-0.15, -0.1) is 0 Å². The van der Waals surface area contributed by atoms with Crippen LogP contribution in [-0.2, 0) is 12.8 Å². The number of aryl methyl sites for hydroxylation is 1. The second-order valence-corrected chi connectivity index (χ2v) is 7.23. The van der Waals surface area contributed by atoms with Crippen LogP contribution in [-0.4, -0.2) is 16.0 Å². The van der Waals surface area contributed by atoms with Gasteiger partial charge in [0.15, 0.2) is 5.76 Å². The summed E-state index contributed by atoms with van der Waals surface area (Å²) >= 11 is 5.99. The summed E-state index contributed by atoms with van der Waals surface area (Å²) in [4.78, 5) is 16.3. The molecule has 1 aliphatic carbocycles. The van der Waals surface area contributed by atoms with Crippen LogP contribution >= 0.6 is 11.6 Å². The van der Waals surface area contributed by atoms with Crippen molar-refractivity contribution in [2.24, 2.45) is 0 Å². The molecule has 4 aromatic rings. The lowest BCUT2D eigenvalue weighted by molar-refractivity contribution is 0.102. The Kier molecular flexibility index (Phi) is 4.37. The zero-order valence-electron chi connectivity index (χ0n) is 15.4. The van der Waals surface area contributed by atoms with Crippen molar-refractivity contribution in [3.8, 4) is 22.6 Å². The van der Waals surface area contributed by atoms with Gasteiger partial charge in [0.2, 0.25) is 0 Å². The molecule has 0 spiro atoms. The summed E-state index contributed by atoms with van der Waals surface area (Å²) in [5, 5.41) is 7.34. The highest BCUT2D eigenvalue weighted by atomic mass is 35.5. The number of nitrogens with one attached hydrogen (secondary N) is 1. The summed E-state index contributed by atoms with van der Waals surface area (Å²) in [5.41, 5.74) is 6.41. The SMILES string of the molecule is O=C(Nc1ccc(-c2onc3c2CCc2ccccc2-3)cc1)c1cccnc1Cl. The third kappa shape index (κ3) is 3.19. The molecule has 0 bridgehead atoms. The number of hydrogen-bond acceptors (Lipinski definition) is 4. The maximum absolute atomic E-state index is 12.4. The molecule has 1 amide bonds. The Morgan fingerprint density at radius 2 is 1.83 bits per heavy atom. The van der Waals surface area contributed by atoms with Crippen LogP contribution < -0.4 is 5.32 Å². The van der Waals surface area contributed by atoms with Gasteiger partial charge in [-0.1, -0.05) is 41.0 Å². The van der Waals surface area contributed by atoms with Gasteiger partial charge in [-0.25, -0.2) is 4.98 Å². The third-order valence-corrected chi connectivity index (χ3v) is 5.41. The molecule has 0 aliphatic heterocycles. The molecule has 2 aromatic heterocycles. The van der Waals surface area contributed by atoms with Crippen LogP contribution in [0.2, 0.25) is 5.15 Å². The molecule has 1 N–H and O–H groups in total. The second kappa shape index (κ2) is 7.18. The van der Waals surface area contributed by atoms with Gasteiger partial charge >= 0.3 is 0 Å². The van der Waals surface area contributed by atoms with E-state index in [-0.39, 0.29) is 11.1 Å². The molecule has 0 unspecified atom stereocenters. The second-order valence-electron chi connectivity index (χ2n) is 6.87. The van der Waals surface area contributed by atoms with Crippen LogP contribution in [0.1, 0.15) is 21.5 Å². The monoisotopic (exact) mass is 401 g/mol. The van der Waals surface area contributed by atoms with Gasteiger partial charge in [-0.05, 0) is 54.8 Å². The Bertz CT molecular complexity index is 1220. The van der Waals surface area contributed by atoms with Gasteiger partial charge in [0, 0.05) is 28.6 Å². The van der Waals surface area contributed by atoms with Gasteiger partial charge in [-0.2, -0.15) is 0 Å². The number of carbonyl (C=O) groups excluding carboxylic acids is 1. The lowest BCUT2D eigenvalue weighted by atomic mass is 9.88. The fourth-order valence-electron chi connectivity index (χ4n) is 3.67. The number of halogens is 1. The van der Waals surface area contributed by atoms with E-state index in [1.54, 1.807) is 18.3 Å². The average Bonchev–Trinajstić information content (AvgIpc) is 3.19. The van der Waals surface area contributed by atoms with Crippen LogP contribution in [0.25, 0.3) is 22.6 Å². The quantitative estimate of drug-likeness (QED) is 0.466. The first-order valence-electron chi connectivity index (χ1n) is 9.30. The Morgan fingerprint density at radius 1 is 1.00 bits per heavy atom. The van der Waals surface area contributed by atoms with Crippen molar-refractivity contribution in [3.05, 3.63) is 88.7 Å². The molecular formula is C23H16ClN3O2. The van der Waals surface area contributed by atoms with Crippen molar-refractivity contribution in [2.45, 2.75) is 12.8 Å². The number of fused-ring (bicyclic) bond motifs is 3. The largest absolute Gasteiger partial charge is 0.355 e. The van der Waals surface area contributed by atoms with E-state index in [2.05, 4.69) is 33.7 Å². The van der Waals surface area contributed by atoms with Crippen molar-refractivity contribution < 1.29 is 9.32 Å². The van der Waals surface area contributed by atoms with Crippen molar-refractivity contribution in [2.75, 3.05) is 5.32 Å². The average molecular weight is 402 g/mol. The first-order valence-corrected chi connectivity index (χ1v) is 9.67. The zero-order chi connectivity index (χ0) is 19.8. The summed E-state index contributed by atoms with van der Waals surface area (Å²) in [5.74, 6) is 0.479. The summed E-state index contributed by atoms with van der Waals surface area (Å²) in [6, 6.07) is 19.1. The van der Waals surface area contributed by atoms with E-state index < -0.39 is 0 Å². The first kappa shape index (κ1) is 17.6. The molecule has 0 saturated heterocycles. The van der Waals surface area contributed by atoms with Crippen LogP contribution in [0.4, 0.5) is 5.69 Å². The lowest BCUT2D eigenvalue weighted by Crippen LogP contribution is -2.12. The minimum Gasteiger partial charge on any atom is -0.355 e. The van der Waals surface area contributed by atoms with Crippen LogP contribution in [0.5, 0.6) is 0 Å². The smallest absolute Gasteiger partial charge is 0.258 e. The van der Waals surface area contributed by atoms with E-state index in [9.17, 15) is 4.79 Å². The molecule has 6 heteroatoms. The van der Waals surface area contributed by atoms with E-state index in [4.69, 9.17) is 16.1 Å². The molecule has 0 fully saturated rings. The van der Waals surface area contributed by atoms with Gasteiger partial charge in [0.1, 0.15) is 10.8 Å². The zero-order valence-corrected chi connectivity index (χ0v) is 16.1. The summed E-state index contributed by atoms with van der Waals surface area (Å²) < 4.78 is 5.70. The first-order chi connectivity index (χ1) is 14.2. The lowest BCUT2D eigenvalue weighted by Gasteiger charge is -2.14. The minimum absolute atomic E-state index is 0.176. The normalized spacial score (nSPS) is 12.2. The number of amides is 1. The van der Waals surface area contributed by atoms with E-state index >= 15 is 0 Å². The van der Waals surface area contributed by atoms with Crippen molar-refractivity contribution >= 4 is 23.2 Å². The van der Waals surface area contributed by atoms with Crippen LogP contribution in [0, 0.1) is 0 Å². The third-order valence-electron chi connectivity index (χ3n) is 5.11. The van der Waals surface area contributed by atoms with Gasteiger partial charge in [0.25, 0.3) is 5.91 Å². The molecule has 142 valence electrons. The molecule has 5 rings (SSSR count). The fourth-order valence-corrected chi connectivity index (χ4v) is 3.87. The Balaban J connectivity index is 1.40. The number of hydrogen-bond donors (Lipinski definition) is 1. The highest BCUT2D eigenvalue weighted by Crippen LogP contribution is 2.38. The van der Waals surface area contributed by atoms with E-state index in [0.29, 0.717) is 11.3 Å². The number of rotatable bonds is 3. The molecule has 0 radical (unpaired) electrons. The molecule has 5 nitrogen and oxygen atoms in total. The van der Waals surface area contributed by atoms with Gasteiger partial charge in [-0.3, -0.25) is 4.79 Å². The molecule has 2 heterocycles. The van der Waals surface area contributed by atoms with Gasteiger partial charge < -0.3 is 9.84 Å². The van der Waals surface area contributed by atoms with Crippen molar-refractivity contribution in [1.82, 2.24) is 10.1 Å². The van der Waals surface area contributed by atoms with E-state index in [0.717, 1.165) is 41.0 Å². The predicted octanol–water partition coefficient (Wildman–Crippen LogP) is 5.41.